The number of hydrogen-bond donors (Lipinski definition) is 3. The predicted octanol–water partition coefficient (Wildman–Crippen LogP) is 0.241. The van der Waals surface area contributed by atoms with Crippen molar-refractivity contribution in [3.8, 4) is 11.5 Å². The Balaban J connectivity index is 2.00. The normalized spacial score (nSPS) is 18.1. The van der Waals surface area contributed by atoms with Gasteiger partial charge in [-0.05, 0) is 17.7 Å². The van der Waals surface area contributed by atoms with Crippen molar-refractivity contribution in [1.82, 2.24) is 4.90 Å². The van der Waals surface area contributed by atoms with Crippen molar-refractivity contribution in [2.24, 2.45) is 5.73 Å². The van der Waals surface area contributed by atoms with Crippen molar-refractivity contribution in [3.05, 3.63) is 23.8 Å². The van der Waals surface area contributed by atoms with Gasteiger partial charge in [0, 0.05) is 25.7 Å². The zero-order valence-corrected chi connectivity index (χ0v) is 7.85. The van der Waals surface area contributed by atoms with Gasteiger partial charge in [0.15, 0.2) is 11.5 Å². The van der Waals surface area contributed by atoms with Crippen molar-refractivity contribution in [2.45, 2.75) is 12.6 Å². The monoisotopic (exact) mass is 194 g/mol. The summed E-state index contributed by atoms with van der Waals surface area (Å²) in [5, 5.41) is 18.4. The molecule has 14 heavy (non-hydrogen) atoms. The molecule has 0 bridgehead atoms. The molecule has 0 aliphatic carbocycles. The largest absolute Gasteiger partial charge is 0.504 e. The molecule has 1 aromatic carbocycles. The van der Waals surface area contributed by atoms with Gasteiger partial charge in [-0.3, -0.25) is 4.90 Å². The minimum absolute atomic E-state index is 0.0627. The Hall–Kier alpha value is -1.26. The third kappa shape index (κ3) is 1.81. The molecular formula is C10H14N2O2. The van der Waals surface area contributed by atoms with Gasteiger partial charge in [-0.2, -0.15) is 0 Å². The van der Waals surface area contributed by atoms with Crippen LogP contribution in [0.25, 0.3) is 0 Å². The lowest BCUT2D eigenvalue weighted by atomic mass is 10.1. The molecule has 4 nitrogen and oxygen atoms in total. The molecule has 1 aliphatic rings. The van der Waals surface area contributed by atoms with Crippen LogP contribution in [0.4, 0.5) is 0 Å². The molecule has 1 aromatic rings. The minimum Gasteiger partial charge on any atom is -0.504 e. The molecule has 2 rings (SSSR count). The molecule has 1 fully saturated rings. The molecule has 1 heterocycles. The van der Waals surface area contributed by atoms with Crippen LogP contribution in [0.3, 0.4) is 0 Å². The molecule has 1 aliphatic heterocycles. The summed E-state index contributed by atoms with van der Waals surface area (Å²) in [7, 11) is 0. The van der Waals surface area contributed by atoms with Gasteiger partial charge in [-0.1, -0.05) is 6.07 Å². The lowest BCUT2D eigenvalue weighted by Gasteiger charge is -2.36. The zero-order valence-electron chi connectivity index (χ0n) is 7.85. The van der Waals surface area contributed by atoms with E-state index in [1.165, 1.54) is 6.07 Å². The van der Waals surface area contributed by atoms with Crippen LogP contribution in [0.15, 0.2) is 18.2 Å². The molecule has 0 spiro atoms. The molecule has 0 radical (unpaired) electrons. The van der Waals surface area contributed by atoms with E-state index in [2.05, 4.69) is 4.90 Å². The second-order valence-corrected chi connectivity index (χ2v) is 3.78. The number of likely N-dealkylation sites (tertiary alicyclic amines) is 1. The van der Waals surface area contributed by atoms with Crippen LogP contribution in [0.2, 0.25) is 0 Å². The summed E-state index contributed by atoms with van der Waals surface area (Å²) in [6, 6.07) is 5.18. The molecule has 0 saturated carbocycles. The highest BCUT2D eigenvalue weighted by Crippen LogP contribution is 2.25. The smallest absolute Gasteiger partial charge is 0.157 e. The van der Waals surface area contributed by atoms with Gasteiger partial charge in [0.05, 0.1) is 0 Å². The maximum Gasteiger partial charge on any atom is 0.157 e. The molecule has 4 N–H and O–H groups in total. The number of benzene rings is 1. The molecule has 0 atom stereocenters. The summed E-state index contributed by atoms with van der Waals surface area (Å²) in [5.41, 5.74) is 6.64. The van der Waals surface area contributed by atoms with Crippen LogP contribution in [0.1, 0.15) is 5.56 Å². The molecule has 0 amide bonds. The number of nitrogens with zero attached hydrogens (tertiary/aromatic N) is 1. The molecule has 76 valence electrons. The second-order valence-electron chi connectivity index (χ2n) is 3.78. The number of hydrogen-bond acceptors (Lipinski definition) is 4. The third-order valence-electron chi connectivity index (χ3n) is 2.43. The van der Waals surface area contributed by atoms with Crippen molar-refractivity contribution >= 4 is 0 Å². The van der Waals surface area contributed by atoms with E-state index in [4.69, 9.17) is 10.8 Å². The number of nitrogens with two attached hydrogens (primary N) is 1. The SMILES string of the molecule is NC1CN(Cc2ccc(O)c(O)c2)C1. The fourth-order valence-electron chi connectivity index (χ4n) is 1.66. The van der Waals surface area contributed by atoms with Crippen molar-refractivity contribution in [2.75, 3.05) is 13.1 Å². The topological polar surface area (TPSA) is 69.7 Å². The average Bonchev–Trinajstić information content (AvgIpc) is 2.09. The summed E-state index contributed by atoms with van der Waals surface area (Å²) in [4.78, 5) is 2.19. The summed E-state index contributed by atoms with van der Waals surface area (Å²) >= 11 is 0. The lowest BCUT2D eigenvalue weighted by molar-refractivity contribution is 0.142. The predicted molar refractivity (Wildman–Crippen MR) is 53.0 cm³/mol. The van der Waals surface area contributed by atoms with Crippen LogP contribution in [-0.2, 0) is 6.54 Å². The summed E-state index contributed by atoms with van der Waals surface area (Å²) in [5.74, 6) is -0.138. The highest BCUT2D eigenvalue weighted by molar-refractivity contribution is 5.40. The zero-order chi connectivity index (χ0) is 10.1. The van der Waals surface area contributed by atoms with Crippen molar-refractivity contribution < 1.29 is 10.2 Å². The van der Waals surface area contributed by atoms with Gasteiger partial charge in [0.2, 0.25) is 0 Å². The van der Waals surface area contributed by atoms with E-state index in [9.17, 15) is 5.11 Å². The highest BCUT2D eigenvalue weighted by Gasteiger charge is 2.22. The first-order valence-electron chi connectivity index (χ1n) is 4.64. The first kappa shape index (κ1) is 9.30. The van der Waals surface area contributed by atoms with E-state index in [0.29, 0.717) is 6.04 Å². The maximum atomic E-state index is 9.26. The van der Waals surface area contributed by atoms with Gasteiger partial charge in [0.25, 0.3) is 0 Å². The fourth-order valence-corrected chi connectivity index (χ4v) is 1.66. The molecule has 0 aromatic heterocycles. The average molecular weight is 194 g/mol. The number of rotatable bonds is 2. The molecule has 0 unspecified atom stereocenters. The van der Waals surface area contributed by atoms with Crippen molar-refractivity contribution in [3.63, 3.8) is 0 Å². The second kappa shape index (κ2) is 3.48. The quantitative estimate of drug-likeness (QED) is 0.590. The van der Waals surface area contributed by atoms with Gasteiger partial charge in [-0.15, -0.1) is 0 Å². The Bertz CT molecular complexity index is 335. The van der Waals surface area contributed by atoms with Crippen LogP contribution < -0.4 is 5.73 Å². The Kier molecular flexibility index (Phi) is 2.31. The standard InChI is InChI=1S/C10H14N2O2/c11-8-5-12(6-8)4-7-1-2-9(13)10(14)3-7/h1-3,8,13-14H,4-6,11H2. The van der Waals surface area contributed by atoms with Crippen LogP contribution >= 0.6 is 0 Å². The van der Waals surface area contributed by atoms with Gasteiger partial charge in [-0.25, -0.2) is 0 Å². The lowest BCUT2D eigenvalue weighted by Crippen LogP contribution is -2.54. The molecule has 1 saturated heterocycles. The van der Waals surface area contributed by atoms with E-state index in [1.54, 1.807) is 12.1 Å². The van der Waals surface area contributed by atoms with E-state index in [-0.39, 0.29) is 11.5 Å². The number of aromatic hydroxyl groups is 2. The summed E-state index contributed by atoms with van der Waals surface area (Å²) in [6.45, 7) is 2.59. The molecule has 4 heteroatoms. The van der Waals surface area contributed by atoms with E-state index >= 15 is 0 Å². The minimum atomic E-state index is -0.0749. The van der Waals surface area contributed by atoms with E-state index < -0.39 is 0 Å². The first-order valence-corrected chi connectivity index (χ1v) is 4.64. The maximum absolute atomic E-state index is 9.26. The Morgan fingerprint density at radius 2 is 2.00 bits per heavy atom. The summed E-state index contributed by atoms with van der Waals surface area (Å²) < 4.78 is 0. The number of phenolic OH excluding ortho intramolecular Hbond substituents is 2. The molecular weight excluding hydrogens is 180 g/mol. The Morgan fingerprint density at radius 1 is 1.29 bits per heavy atom. The Labute approximate surface area is 82.6 Å². The first-order chi connectivity index (χ1) is 6.65. The van der Waals surface area contributed by atoms with Gasteiger partial charge < -0.3 is 15.9 Å². The number of phenols is 2. The van der Waals surface area contributed by atoms with Crippen LogP contribution in [0, 0.1) is 0 Å². The summed E-state index contributed by atoms with van der Waals surface area (Å²) in [6.07, 6.45) is 0. The highest BCUT2D eigenvalue weighted by atomic mass is 16.3. The van der Waals surface area contributed by atoms with Gasteiger partial charge in [0.1, 0.15) is 0 Å². The van der Waals surface area contributed by atoms with Gasteiger partial charge >= 0.3 is 0 Å². The third-order valence-corrected chi connectivity index (χ3v) is 2.43. The Morgan fingerprint density at radius 3 is 2.57 bits per heavy atom. The van der Waals surface area contributed by atoms with Crippen molar-refractivity contribution in [1.29, 1.82) is 0 Å². The van der Waals surface area contributed by atoms with E-state index in [1.807, 2.05) is 0 Å². The van der Waals surface area contributed by atoms with Crippen LogP contribution in [-0.4, -0.2) is 34.2 Å². The van der Waals surface area contributed by atoms with E-state index in [0.717, 1.165) is 25.2 Å². The fraction of sp³-hybridized carbons (Fsp3) is 0.400. The van der Waals surface area contributed by atoms with Crippen LogP contribution in [0.5, 0.6) is 11.5 Å².